The van der Waals surface area contributed by atoms with Crippen LogP contribution in [0.4, 0.5) is 18.3 Å². The maximum absolute atomic E-state index is 14.2. The van der Waals surface area contributed by atoms with Gasteiger partial charge < -0.3 is 4.74 Å². The quantitative estimate of drug-likeness (QED) is 0.497. The summed E-state index contributed by atoms with van der Waals surface area (Å²) in [5, 5.41) is 3.17. The van der Waals surface area contributed by atoms with E-state index >= 15 is 0 Å². The molecule has 9 heteroatoms. The fraction of sp³-hybridized carbons (Fsp3) is 0.111. The number of nitrogens with one attached hydrogen (secondary N) is 1. The van der Waals surface area contributed by atoms with E-state index in [2.05, 4.69) is 10.3 Å². The molecule has 0 aliphatic heterocycles. The SMILES string of the molecule is COCc1c(C(=O)Nc2nc3cc(F)c(F)cc3s2)sc2cccc(F)c12. The van der Waals surface area contributed by atoms with E-state index in [9.17, 15) is 18.0 Å². The standard InChI is InChI=1S/C18H11F3N2O2S2/c1-25-7-8-15-9(19)3-2-4-13(15)26-16(8)17(24)23-18-22-12-5-10(20)11(21)6-14(12)27-18/h2-6H,7H2,1H3,(H,22,23,24). The monoisotopic (exact) mass is 408 g/mol. The predicted octanol–water partition coefficient (Wildman–Crippen LogP) is 5.33. The third-order valence-electron chi connectivity index (χ3n) is 3.91. The summed E-state index contributed by atoms with van der Waals surface area (Å²) in [6.45, 7) is 0.0694. The first kappa shape index (κ1) is 17.9. The Morgan fingerprint density at radius 3 is 2.67 bits per heavy atom. The lowest BCUT2D eigenvalue weighted by Crippen LogP contribution is -2.12. The highest BCUT2D eigenvalue weighted by molar-refractivity contribution is 7.23. The van der Waals surface area contributed by atoms with E-state index in [0.717, 1.165) is 34.8 Å². The van der Waals surface area contributed by atoms with Crippen molar-refractivity contribution in [3.05, 3.63) is 58.2 Å². The summed E-state index contributed by atoms with van der Waals surface area (Å²) in [7, 11) is 1.46. The van der Waals surface area contributed by atoms with E-state index < -0.39 is 23.4 Å². The molecule has 2 aromatic heterocycles. The van der Waals surface area contributed by atoms with E-state index in [4.69, 9.17) is 4.74 Å². The van der Waals surface area contributed by atoms with Gasteiger partial charge in [0, 0.05) is 28.8 Å². The maximum Gasteiger partial charge on any atom is 0.267 e. The first-order valence-corrected chi connectivity index (χ1v) is 9.37. The molecule has 0 spiro atoms. The number of anilines is 1. The molecule has 4 rings (SSSR count). The summed E-state index contributed by atoms with van der Waals surface area (Å²) in [6.07, 6.45) is 0. The molecule has 0 aliphatic rings. The van der Waals surface area contributed by atoms with Crippen molar-refractivity contribution in [2.24, 2.45) is 0 Å². The van der Waals surface area contributed by atoms with E-state index in [0.29, 0.717) is 25.2 Å². The molecule has 0 radical (unpaired) electrons. The number of amides is 1. The minimum Gasteiger partial charge on any atom is -0.380 e. The fourth-order valence-corrected chi connectivity index (χ4v) is 4.75. The van der Waals surface area contributed by atoms with Crippen LogP contribution in [0.1, 0.15) is 15.2 Å². The topological polar surface area (TPSA) is 51.2 Å². The van der Waals surface area contributed by atoms with Gasteiger partial charge in [-0.3, -0.25) is 10.1 Å². The average molecular weight is 408 g/mol. The normalized spacial score (nSPS) is 11.4. The zero-order chi connectivity index (χ0) is 19.1. The number of aromatic nitrogens is 1. The summed E-state index contributed by atoms with van der Waals surface area (Å²) in [4.78, 5) is 17.1. The molecule has 0 saturated carbocycles. The fourth-order valence-electron chi connectivity index (χ4n) is 2.76. The molecule has 0 atom stereocenters. The molecule has 2 aromatic carbocycles. The van der Waals surface area contributed by atoms with Crippen molar-refractivity contribution in [3.63, 3.8) is 0 Å². The predicted molar refractivity (Wildman–Crippen MR) is 100.0 cm³/mol. The Labute approximate surface area is 159 Å². The van der Waals surface area contributed by atoms with Crippen LogP contribution in [0.15, 0.2) is 30.3 Å². The number of nitrogens with zero attached hydrogens (tertiary/aromatic N) is 1. The van der Waals surface area contributed by atoms with Crippen LogP contribution in [0.2, 0.25) is 0 Å². The van der Waals surface area contributed by atoms with Crippen LogP contribution in [-0.4, -0.2) is 18.0 Å². The van der Waals surface area contributed by atoms with Crippen LogP contribution < -0.4 is 5.32 Å². The van der Waals surface area contributed by atoms with Gasteiger partial charge in [0.15, 0.2) is 16.8 Å². The van der Waals surface area contributed by atoms with Gasteiger partial charge in [0.05, 0.1) is 21.7 Å². The second kappa shape index (κ2) is 6.91. The first-order chi connectivity index (χ1) is 13.0. The van der Waals surface area contributed by atoms with Crippen molar-refractivity contribution in [3.8, 4) is 0 Å². The van der Waals surface area contributed by atoms with E-state index in [-0.39, 0.29) is 17.3 Å². The zero-order valence-corrected chi connectivity index (χ0v) is 15.4. The molecule has 0 bridgehead atoms. The Morgan fingerprint density at radius 2 is 1.89 bits per heavy atom. The lowest BCUT2D eigenvalue weighted by molar-refractivity contribution is 0.102. The largest absolute Gasteiger partial charge is 0.380 e. The Balaban J connectivity index is 1.73. The average Bonchev–Trinajstić information content (AvgIpc) is 3.17. The van der Waals surface area contributed by atoms with Crippen molar-refractivity contribution in [1.82, 2.24) is 4.98 Å². The van der Waals surface area contributed by atoms with E-state index in [1.165, 1.54) is 13.2 Å². The van der Waals surface area contributed by atoms with Crippen LogP contribution in [-0.2, 0) is 11.3 Å². The van der Waals surface area contributed by atoms with Crippen LogP contribution in [0.25, 0.3) is 20.3 Å². The van der Waals surface area contributed by atoms with Crippen molar-refractivity contribution >= 4 is 54.0 Å². The van der Waals surface area contributed by atoms with Crippen LogP contribution in [0.3, 0.4) is 0 Å². The summed E-state index contributed by atoms with van der Waals surface area (Å²) < 4.78 is 47.1. The number of hydrogen-bond acceptors (Lipinski definition) is 5. The summed E-state index contributed by atoms with van der Waals surface area (Å²) in [5.41, 5.74) is 0.694. The number of fused-ring (bicyclic) bond motifs is 2. The number of carbonyl (C=O) groups is 1. The first-order valence-electron chi connectivity index (χ1n) is 7.73. The summed E-state index contributed by atoms with van der Waals surface area (Å²) in [5.74, 6) is -2.90. The molecule has 0 fully saturated rings. The number of hydrogen-bond donors (Lipinski definition) is 1. The third kappa shape index (κ3) is 3.18. The summed E-state index contributed by atoms with van der Waals surface area (Å²) in [6, 6.07) is 6.63. The minimum absolute atomic E-state index is 0.0694. The lowest BCUT2D eigenvalue weighted by atomic mass is 10.1. The molecule has 0 unspecified atom stereocenters. The van der Waals surface area contributed by atoms with Crippen molar-refractivity contribution in [1.29, 1.82) is 0 Å². The van der Waals surface area contributed by atoms with Gasteiger partial charge in [-0.25, -0.2) is 18.2 Å². The number of thiophene rings is 1. The smallest absolute Gasteiger partial charge is 0.267 e. The molecule has 27 heavy (non-hydrogen) atoms. The molecule has 4 nitrogen and oxygen atoms in total. The Kier molecular flexibility index (Phi) is 4.58. The molecule has 1 amide bonds. The van der Waals surface area contributed by atoms with Crippen molar-refractivity contribution < 1.29 is 22.7 Å². The summed E-state index contributed by atoms with van der Waals surface area (Å²) >= 11 is 2.16. The molecule has 0 saturated heterocycles. The Bertz CT molecular complexity index is 1150. The Hall–Kier alpha value is -2.49. The number of rotatable bonds is 4. The lowest BCUT2D eigenvalue weighted by Gasteiger charge is -2.04. The molecule has 1 N–H and O–H groups in total. The highest BCUT2D eigenvalue weighted by Crippen LogP contribution is 2.35. The number of methoxy groups -OCH3 is 1. The maximum atomic E-state index is 14.2. The molecule has 138 valence electrons. The highest BCUT2D eigenvalue weighted by Gasteiger charge is 2.22. The van der Waals surface area contributed by atoms with Gasteiger partial charge >= 0.3 is 0 Å². The van der Waals surface area contributed by atoms with Gasteiger partial charge in [-0.1, -0.05) is 17.4 Å². The highest BCUT2D eigenvalue weighted by atomic mass is 32.1. The molecule has 4 aromatic rings. The van der Waals surface area contributed by atoms with Crippen LogP contribution in [0.5, 0.6) is 0 Å². The van der Waals surface area contributed by atoms with Gasteiger partial charge in [-0.15, -0.1) is 11.3 Å². The Morgan fingerprint density at radius 1 is 1.11 bits per heavy atom. The molecule has 0 aliphatic carbocycles. The molecular formula is C18H11F3N2O2S2. The van der Waals surface area contributed by atoms with E-state index in [1.807, 2.05) is 0 Å². The van der Waals surface area contributed by atoms with Crippen LogP contribution >= 0.6 is 22.7 Å². The number of halogens is 3. The van der Waals surface area contributed by atoms with E-state index in [1.54, 1.807) is 12.1 Å². The van der Waals surface area contributed by atoms with Gasteiger partial charge in [-0.05, 0) is 18.2 Å². The van der Waals surface area contributed by atoms with Crippen molar-refractivity contribution in [2.75, 3.05) is 12.4 Å². The van der Waals surface area contributed by atoms with Gasteiger partial charge in [-0.2, -0.15) is 0 Å². The van der Waals surface area contributed by atoms with Gasteiger partial charge in [0.1, 0.15) is 5.82 Å². The zero-order valence-electron chi connectivity index (χ0n) is 13.8. The van der Waals surface area contributed by atoms with Gasteiger partial charge in [0.25, 0.3) is 5.91 Å². The second-order valence-corrected chi connectivity index (χ2v) is 7.75. The van der Waals surface area contributed by atoms with Gasteiger partial charge in [0.2, 0.25) is 0 Å². The number of thiazole rings is 1. The molecule has 2 heterocycles. The number of benzene rings is 2. The number of ether oxygens (including phenoxy) is 1. The van der Waals surface area contributed by atoms with Crippen LogP contribution in [0, 0.1) is 17.5 Å². The number of carbonyl (C=O) groups excluding carboxylic acids is 1. The van der Waals surface area contributed by atoms with Crippen molar-refractivity contribution in [2.45, 2.75) is 6.61 Å². The third-order valence-corrected chi connectivity index (χ3v) is 6.04. The second-order valence-electron chi connectivity index (χ2n) is 5.66. The minimum atomic E-state index is -1.01. The molecular weight excluding hydrogens is 397 g/mol.